The molecule has 0 aliphatic heterocycles. The third-order valence-electron chi connectivity index (χ3n) is 6.75. The highest BCUT2D eigenvalue weighted by molar-refractivity contribution is 5.94. The minimum Gasteiger partial charge on any atom is -0.493 e. The number of carbonyl (C=O) groups excluding carboxylic acids is 1. The molecule has 5 nitrogen and oxygen atoms in total. The van der Waals surface area contributed by atoms with E-state index in [1.807, 2.05) is 30.3 Å². The number of imidazole rings is 1. The molecule has 0 saturated heterocycles. The molecule has 0 radical (unpaired) electrons. The number of nitrogens with one attached hydrogen (secondary N) is 1. The molecule has 1 N–H and O–H groups in total. The molecule has 0 unspecified atom stereocenters. The van der Waals surface area contributed by atoms with E-state index in [4.69, 9.17) is 9.72 Å². The molecule has 5 aromatic rings. The van der Waals surface area contributed by atoms with E-state index in [1.54, 1.807) is 12.1 Å². The first-order valence-corrected chi connectivity index (χ1v) is 13.3. The quantitative estimate of drug-likeness (QED) is 0.185. The summed E-state index contributed by atoms with van der Waals surface area (Å²) in [4.78, 5) is 17.1. The van der Waals surface area contributed by atoms with Crippen molar-refractivity contribution in [2.45, 2.75) is 38.6 Å². The van der Waals surface area contributed by atoms with Crippen molar-refractivity contribution in [3.8, 4) is 5.75 Å². The van der Waals surface area contributed by atoms with E-state index < -0.39 is 5.82 Å². The largest absolute Gasteiger partial charge is 0.493 e. The van der Waals surface area contributed by atoms with Gasteiger partial charge in [-0.15, -0.1) is 0 Å². The topological polar surface area (TPSA) is 56.2 Å². The Morgan fingerprint density at radius 1 is 0.842 bits per heavy atom. The SMILES string of the molecule is O=C(NCCCCCc1nc2ccccc2n1CCCOc1cccc2ccccc12)c1ccccc1F. The molecular formula is C32H32FN3O2. The molecule has 1 amide bonds. The number of amides is 1. The van der Waals surface area contributed by atoms with Crippen LogP contribution in [0.2, 0.25) is 0 Å². The van der Waals surface area contributed by atoms with Crippen molar-refractivity contribution < 1.29 is 13.9 Å². The molecule has 5 rings (SSSR count). The van der Waals surface area contributed by atoms with Crippen molar-refractivity contribution in [3.63, 3.8) is 0 Å². The highest BCUT2D eigenvalue weighted by Crippen LogP contribution is 2.25. The Morgan fingerprint density at radius 3 is 2.55 bits per heavy atom. The standard InChI is InChI=1S/C32H32FN3O2/c33-27-16-6-5-15-26(27)32(37)34-21-9-1-2-20-31-35-28-17-7-8-18-29(28)36(31)22-11-23-38-30-19-10-13-24-12-3-4-14-25(24)30/h3-8,10,12-19H,1-2,9,11,20-23H2,(H,34,37). The predicted molar refractivity (Wildman–Crippen MR) is 150 cm³/mol. The normalized spacial score (nSPS) is 11.2. The van der Waals surface area contributed by atoms with Crippen LogP contribution in [0.4, 0.5) is 4.39 Å². The van der Waals surface area contributed by atoms with Crippen LogP contribution in [0.25, 0.3) is 21.8 Å². The van der Waals surface area contributed by atoms with Gasteiger partial charge in [0.1, 0.15) is 17.4 Å². The summed E-state index contributed by atoms with van der Waals surface area (Å²) in [6.07, 6.45) is 4.48. The number of hydrogen-bond donors (Lipinski definition) is 1. The molecule has 0 fully saturated rings. The van der Waals surface area contributed by atoms with E-state index in [2.05, 4.69) is 46.3 Å². The second-order valence-electron chi connectivity index (χ2n) is 9.39. The van der Waals surface area contributed by atoms with E-state index in [0.717, 1.165) is 66.6 Å². The van der Waals surface area contributed by atoms with Crippen molar-refractivity contribution >= 4 is 27.7 Å². The Bertz CT molecular complexity index is 1520. The van der Waals surface area contributed by atoms with Crippen molar-refractivity contribution in [1.29, 1.82) is 0 Å². The lowest BCUT2D eigenvalue weighted by Gasteiger charge is -2.12. The molecule has 0 aliphatic rings. The molecular weight excluding hydrogens is 477 g/mol. The van der Waals surface area contributed by atoms with Crippen LogP contribution < -0.4 is 10.1 Å². The summed E-state index contributed by atoms with van der Waals surface area (Å²) in [5, 5.41) is 5.13. The van der Waals surface area contributed by atoms with Crippen molar-refractivity contribution in [2.75, 3.05) is 13.2 Å². The van der Waals surface area contributed by atoms with Crippen LogP contribution in [0.3, 0.4) is 0 Å². The average Bonchev–Trinajstić information content (AvgIpc) is 3.30. The number of nitrogens with zero attached hydrogens (tertiary/aromatic N) is 2. The first-order valence-electron chi connectivity index (χ1n) is 13.3. The molecule has 1 aromatic heterocycles. The summed E-state index contributed by atoms with van der Waals surface area (Å²) in [6, 6.07) is 28.7. The number of aryl methyl sites for hydroxylation is 2. The fourth-order valence-electron chi connectivity index (χ4n) is 4.82. The van der Waals surface area contributed by atoms with Gasteiger partial charge in [0.15, 0.2) is 0 Å². The first kappa shape index (κ1) is 25.5. The van der Waals surface area contributed by atoms with Gasteiger partial charge in [-0.05, 0) is 55.0 Å². The maximum atomic E-state index is 13.8. The fraction of sp³-hybridized carbons (Fsp3) is 0.250. The molecule has 0 bridgehead atoms. The maximum Gasteiger partial charge on any atom is 0.254 e. The van der Waals surface area contributed by atoms with Gasteiger partial charge in [0, 0.05) is 24.9 Å². The maximum absolute atomic E-state index is 13.8. The highest BCUT2D eigenvalue weighted by Gasteiger charge is 2.12. The van der Waals surface area contributed by atoms with Gasteiger partial charge in [-0.3, -0.25) is 4.79 Å². The van der Waals surface area contributed by atoms with Crippen molar-refractivity contribution in [1.82, 2.24) is 14.9 Å². The van der Waals surface area contributed by atoms with Crippen molar-refractivity contribution in [2.24, 2.45) is 0 Å². The van der Waals surface area contributed by atoms with Crippen LogP contribution in [0, 0.1) is 5.82 Å². The number of ether oxygens (including phenoxy) is 1. The lowest BCUT2D eigenvalue weighted by atomic mass is 10.1. The molecule has 0 spiro atoms. The van der Waals surface area contributed by atoms with Gasteiger partial charge >= 0.3 is 0 Å². The number of para-hydroxylation sites is 2. The van der Waals surface area contributed by atoms with E-state index in [-0.39, 0.29) is 11.5 Å². The summed E-state index contributed by atoms with van der Waals surface area (Å²) in [7, 11) is 0. The van der Waals surface area contributed by atoms with Gasteiger partial charge in [0.2, 0.25) is 0 Å². The zero-order chi connectivity index (χ0) is 26.2. The number of carbonyl (C=O) groups is 1. The Balaban J connectivity index is 1.12. The van der Waals surface area contributed by atoms with Crippen LogP contribution in [-0.2, 0) is 13.0 Å². The van der Waals surface area contributed by atoms with E-state index in [1.165, 1.54) is 17.5 Å². The van der Waals surface area contributed by atoms with Crippen molar-refractivity contribution in [3.05, 3.63) is 108 Å². The smallest absolute Gasteiger partial charge is 0.254 e. The Labute approximate surface area is 222 Å². The minimum atomic E-state index is -0.494. The summed E-state index contributed by atoms with van der Waals surface area (Å²) in [5.74, 6) is 1.13. The van der Waals surface area contributed by atoms with Gasteiger partial charge in [-0.25, -0.2) is 9.37 Å². The molecule has 0 aliphatic carbocycles. The number of benzene rings is 4. The van der Waals surface area contributed by atoms with Crippen LogP contribution in [0.15, 0.2) is 91.0 Å². The summed E-state index contributed by atoms with van der Waals surface area (Å²) in [6.45, 7) is 1.98. The van der Waals surface area contributed by atoms with E-state index in [0.29, 0.717) is 13.2 Å². The van der Waals surface area contributed by atoms with Gasteiger partial charge < -0.3 is 14.6 Å². The van der Waals surface area contributed by atoms with Gasteiger partial charge in [0.05, 0.1) is 23.2 Å². The second-order valence-corrected chi connectivity index (χ2v) is 9.39. The van der Waals surface area contributed by atoms with E-state index in [9.17, 15) is 9.18 Å². The lowest BCUT2D eigenvalue weighted by molar-refractivity contribution is 0.0949. The number of hydrogen-bond acceptors (Lipinski definition) is 3. The number of aromatic nitrogens is 2. The van der Waals surface area contributed by atoms with Gasteiger partial charge in [0.25, 0.3) is 5.91 Å². The Kier molecular flexibility index (Phi) is 8.29. The molecule has 0 saturated carbocycles. The summed E-state index contributed by atoms with van der Waals surface area (Å²) < 4.78 is 22.2. The molecule has 1 heterocycles. The molecule has 4 aromatic carbocycles. The number of halogens is 1. The zero-order valence-electron chi connectivity index (χ0n) is 21.4. The summed E-state index contributed by atoms with van der Waals surface area (Å²) in [5.41, 5.74) is 2.24. The Morgan fingerprint density at radius 2 is 1.63 bits per heavy atom. The highest BCUT2D eigenvalue weighted by atomic mass is 19.1. The molecule has 194 valence electrons. The van der Waals surface area contributed by atoms with Gasteiger partial charge in [-0.2, -0.15) is 0 Å². The zero-order valence-corrected chi connectivity index (χ0v) is 21.4. The predicted octanol–water partition coefficient (Wildman–Crippen LogP) is 6.94. The molecule has 38 heavy (non-hydrogen) atoms. The number of fused-ring (bicyclic) bond motifs is 2. The van der Waals surface area contributed by atoms with Gasteiger partial charge in [-0.1, -0.05) is 67.1 Å². The fourth-order valence-corrected chi connectivity index (χ4v) is 4.82. The van der Waals surface area contributed by atoms with Crippen LogP contribution in [-0.4, -0.2) is 28.6 Å². The average molecular weight is 510 g/mol. The third-order valence-corrected chi connectivity index (χ3v) is 6.75. The molecule has 6 heteroatoms. The third kappa shape index (κ3) is 6.02. The number of rotatable bonds is 12. The summed E-state index contributed by atoms with van der Waals surface area (Å²) >= 11 is 0. The number of unbranched alkanes of at least 4 members (excludes halogenated alkanes) is 2. The minimum absolute atomic E-state index is 0.0886. The monoisotopic (exact) mass is 509 g/mol. The van der Waals surface area contributed by atoms with E-state index >= 15 is 0 Å². The van der Waals surface area contributed by atoms with Crippen LogP contribution >= 0.6 is 0 Å². The lowest BCUT2D eigenvalue weighted by Crippen LogP contribution is -2.25. The second kappa shape index (κ2) is 12.4. The molecule has 0 atom stereocenters. The Hall–Kier alpha value is -4.19. The van der Waals surface area contributed by atoms with Crippen LogP contribution in [0.1, 0.15) is 41.9 Å². The van der Waals surface area contributed by atoms with Crippen LogP contribution in [0.5, 0.6) is 5.75 Å². The first-order chi connectivity index (χ1) is 18.7.